The van der Waals surface area contributed by atoms with Crippen molar-refractivity contribution in [2.24, 2.45) is 0 Å². The third-order valence-corrected chi connectivity index (χ3v) is 8.71. The summed E-state index contributed by atoms with van der Waals surface area (Å²) in [6.07, 6.45) is 8.73. The van der Waals surface area contributed by atoms with Crippen LogP contribution >= 0.6 is 0 Å². The highest BCUT2D eigenvalue weighted by Gasteiger charge is 2.29. The highest BCUT2D eigenvalue weighted by molar-refractivity contribution is 5.85. The summed E-state index contributed by atoms with van der Waals surface area (Å²) in [6.45, 7) is 6.76. The number of hydrogen-bond donors (Lipinski definition) is 1. The van der Waals surface area contributed by atoms with Crippen LogP contribution in [0.15, 0.2) is 60.8 Å². The van der Waals surface area contributed by atoms with Crippen molar-refractivity contribution < 1.29 is 9.13 Å². The smallest absolute Gasteiger partial charge is 0.126 e. The van der Waals surface area contributed by atoms with E-state index >= 15 is 0 Å². The fourth-order valence-corrected chi connectivity index (χ4v) is 6.46. The summed E-state index contributed by atoms with van der Waals surface area (Å²) in [5.41, 5.74) is 4.92. The SMILES string of the molecule is COCCCN1CCN(C2CCC(n3ccc(-c4ccc5[nH]c(Cc6ccccc6F)cc5c4)n3)CC2)CC1. The minimum absolute atomic E-state index is 0.160. The average molecular weight is 530 g/mol. The molecule has 2 fully saturated rings. The molecule has 206 valence electrons. The van der Waals surface area contributed by atoms with Crippen molar-refractivity contribution in [1.29, 1.82) is 0 Å². The zero-order valence-electron chi connectivity index (χ0n) is 23.0. The third kappa shape index (κ3) is 6.11. The molecule has 0 spiro atoms. The van der Waals surface area contributed by atoms with Crippen molar-refractivity contribution in [3.63, 3.8) is 0 Å². The molecule has 0 radical (unpaired) electrons. The Morgan fingerprint density at radius 3 is 2.54 bits per heavy atom. The molecule has 0 amide bonds. The van der Waals surface area contributed by atoms with Gasteiger partial charge in [0.25, 0.3) is 0 Å². The number of nitrogens with zero attached hydrogens (tertiary/aromatic N) is 4. The number of halogens is 1. The predicted octanol–water partition coefficient (Wildman–Crippen LogP) is 5.90. The van der Waals surface area contributed by atoms with E-state index in [-0.39, 0.29) is 5.82 Å². The maximum Gasteiger partial charge on any atom is 0.126 e. The molecule has 2 aromatic carbocycles. The first-order chi connectivity index (χ1) is 19.2. The van der Waals surface area contributed by atoms with Crippen LogP contribution < -0.4 is 0 Å². The van der Waals surface area contributed by atoms with Gasteiger partial charge in [-0.2, -0.15) is 5.10 Å². The third-order valence-electron chi connectivity index (χ3n) is 8.71. The van der Waals surface area contributed by atoms with Crippen LogP contribution in [0, 0.1) is 5.82 Å². The zero-order valence-corrected chi connectivity index (χ0v) is 23.0. The van der Waals surface area contributed by atoms with E-state index in [9.17, 15) is 4.39 Å². The minimum Gasteiger partial charge on any atom is -0.385 e. The number of nitrogens with one attached hydrogen (secondary N) is 1. The van der Waals surface area contributed by atoms with E-state index in [0.29, 0.717) is 24.1 Å². The number of rotatable bonds is 9. The van der Waals surface area contributed by atoms with Crippen molar-refractivity contribution in [1.82, 2.24) is 24.6 Å². The lowest BCUT2D eigenvalue weighted by atomic mass is 9.90. The van der Waals surface area contributed by atoms with Crippen LogP contribution in [0.2, 0.25) is 0 Å². The van der Waals surface area contributed by atoms with Crippen LogP contribution in [0.5, 0.6) is 0 Å². The first-order valence-electron chi connectivity index (χ1n) is 14.5. The summed E-state index contributed by atoms with van der Waals surface area (Å²) in [5, 5.41) is 6.14. The standard InChI is InChI=1S/C32H40FN5O/c1-39-20-4-14-36-16-18-37(19-17-36)28-8-10-29(11-9-28)38-15-13-32(35-38)25-7-12-31-26(21-25)23-27(34-31)22-24-5-2-3-6-30(24)33/h2-3,5-7,12-13,15,21,23,28-29,34H,4,8-11,14,16-20,22H2,1H3. The second-order valence-electron chi connectivity index (χ2n) is 11.2. The average Bonchev–Trinajstić information content (AvgIpc) is 3.62. The van der Waals surface area contributed by atoms with Crippen molar-refractivity contribution >= 4 is 10.9 Å². The van der Waals surface area contributed by atoms with Gasteiger partial charge in [-0.3, -0.25) is 9.58 Å². The molecule has 6 nitrogen and oxygen atoms in total. The van der Waals surface area contributed by atoms with Crippen LogP contribution in [0.3, 0.4) is 0 Å². The Balaban J connectivity index is 1.04. The Morgan fingerprint density at radius 1 is 0.949 bits per heavy atom. The maximum absolute atomic E-state index is 14.1. The van der Waals surface area contributed by atoms with Gasteiger partial charge in [-0.05, 0) is 68.0 Å². The van der Waals surface area contributed by atoms with E-state index in [4.69, 9.17) is 9.84 Å². The Bertz CT molecular complexity index is 1360. The molecular weight excluding hydrogens is 489 g/mol. The van der Waals surface area contributed by atoms with Crippen LogP contribution in [-0.2, 0) is 11.2 Å². The molecule has 2 aliphatic rings. The molecule has 1 saturated heterocycles. The van der Waals surface area contributed by atoms with E-state index in [1.165, 1.54) is 57.9 Å². The molecule has 0 atom stereocenters. The van der Waals surface area contributed by atoms with E-state index in [1.54, 1.807) is 13.2 Å². The summed E-state index contributed by atoms with van der Waals surface area (Å²) in [4.78, 5) is 8.76. The van der Waals surface area contributed by atoms with Crippen molar-refractivity contribution in [3.05, 3.63) is 77.9 Å². The van der Waals surface area contributed by atoms with Gasteiger partial charge in [0.2, 0.25) is 0 Å². The van der Waals surface area contributed by atoms with Gasteiger partial charge in [-0.1, -0.05) is 24.3 Å². The fraction of sp³-hybridized carbons (Fsp3) is 0.469. The summed E-state index contributed by atoms with van der Waals surface area (Å²) < 4.78 is 21.5. The van der Waals surface area contributed by atoms with E-state index in [0.717, 1.165) is 47.4 Å². The molecular formula is C32H40FN5O. The normalized spacial score (nSPS) is 21.1. The zero-order chi connectivity index (χ0) is 26.6. The molecule has 1 saturated carbocycles. The summed E-state index contributed by atoms with van der Waals surface area (Å²) >= 11 is 0. The topological polar surface area (TPSA) is 49.3 Å². The molecule has 1 N–H and O–H groups in total. The molecule has 6 rings (SSSR count). The molecule has 1 aliphatic carbocycles. The molecule has 0 unspecified atom stereocenters. The van der Waals surface area contributed by atoms with Gasteiger partial charge in [0.15, 0.2) is 0 Å². The van der Waals surface area contributed by atoms with Crippen LogP contribution in [-0.4, -0.2) is 77.0 Å². The fourth-order valence-electron chi connectivity index (χ4n) is 6.46. The molecule has 39 heavy (non-hydrogen) atoms. The Kier molecular flexibility index (Phi) is 8.09. The molecule has 0 bridgehead atoms. The van der Waals surface area contributed by atoms with Crippen molar-refractivity contribution in [2.75, 3.05) is 46.4 Å². The predicted molar refractivity (Wildman–Crippen MR) is 155 cm³/mol. The number of methoxy groups -OCH3 is 1. The second-order valence-corrected chi connectivity index (χ2v) is 11.2. The largest absolute Gasteiger partial charge is 0.385 e. The first kappa shape index (κ1) is 26.2. The lowest BCUT2D eigenvalue weighted by Gasteiger charge is -2.42. The Labute approximate surface area is 230 Å². The van der Waals surface area contributed by atoms with Gasteiger partial charge < -0.3 is 14.6 Å². The Morgan fingerprint density at radius 2 is 1.74 bits per heavy atom. The van der Waals surface area contributed by atoms with Gasteiger partial charge in [-0.15, -0.1) is 0 Å². The van der Waals surface area contributed by atoms with Crippen LogP contribution in [0.1, 0.15) is 49.4 Å². The minimum atomic E-state index is -0.160. The number of benzene rings is 2. The quantitative estimate of drug-likeness (QED) is 0.274. The van der Waals surface area contributed by atoms with Crippen molar-refractivity contribution in [3.8, 4) is 11.3 Å². The summed E-state index contributed by atoms with van der Waals surface area (Å²) in [7, 11) is 1.79. The Hall–Kier alpha value is -3.00. The number of aromatic nitrogens is 3. The number of ether oxygens (including phenoxy) is 1. The lowest BCUT2D eigenvalue weighted by molar-refractivity contribution is 0.0659. The molecule has 1 aliphatic heterocycles. The number of H-pyrrole nitrogens is 1. The van der Waals surface area contributed by atoms with Crippen LogP contribution in [0.4, 0.5) is 4.39 Å². The van der Waals surface area contributed by atoms with Gasteiger partial charge in [0.1, 0.15) is 5.82 Å². The number of fused-ring (bicyclic) bond motifs is 1. The second kappa shape index (κ2) is 12.0. The van der Waals surface area contributed by atoms with Gasteiger partial charge >= 0.3 is 0 Å². The molecule has 3 heterocycles. The van der Waals surface area contributed by atoms with E-state index < -0.39 is 0 Å². The van der Waals surface area contributed by atoms with E-state index in [2.05, 4.69) is 56.0 Å². The summed E-state index contributed by atoms with van der Waals surface area (Å²) in [5.74, 6) is -0.160. The number of hydrogen-bond acceptors (Lipinski definition) is 4. The molecule has 7 heteroatoms. The van der Waals surface area contributed by atoms with Gasteiger partial charge in [-0.25, -0.2) is 4.39 Å². The highest BCUT2D eigenvalue weighted by atomic mass is 19.1. The lowest BCUT2D eigenvalue weighted by Crippen LogP contribution is -2.51. The highest BCUT2D eigenvalue weighted by Crippen LogP contribution is 2.32. The number of aromatic amines is 1. The van der Waals surface area contributed by atoms with Gasteiger partial charge in [0.05, 0.1) is 11.7 Å². The number of piperazine rings is 1. The maximum atomic E-state index is 14.1. The van der Waals surface area contributed by atoms with Crippen LogP contribution in [0.25, 0.3) is 22.2 Å². The van der Waals surface area contributed by atoms with E-state index in [1.807, 2.05) is 12.1 Å². The first-order valence-corrected chi connectivity index (χ1v) is 14.5. The molecule has 4 aromatic rings. The van der Waals surface area contributed by atoms with Gasteiger partial charge in [0, 0.05) is 87.3 Å². The van der Waals surface area contributed by atoms with Crippen molar-refractivity contribution in [2.45, 2.75) is 50.6 Å². The molecule has 2 aromatic heterocycles. The monoisotopic (exact) mass is 529 g/mol. The summed E-state index contributed by atoms with van der Waals surface area (Å²) in [6, 6.07) is 18.9.